The normalized spacial score (nSPS) is 10.7. The second-order valence-electron chi connectivity index (χ2n) is 7.47. The van der Waals surface area contributed by atoms with E-state index in [9.17, 15) is 4.79 Å². The Bertz CT molecular complexity index is 1390. The summed E-state index contributed by atoms with van der Waals surface area (Å²) in [5.41, 5.74) is 4.58. The summed E-state index contributed by atoms with van der Waals surface area (Å²) in [7, 11) is 0. The number of anilines is 1. The van der Waals surface area contributed by atoms with E-state index in [-0.39, 0.29) is 11.7 Å². The predicted octanol–water partition coefficient (Wildman–Crippen LogP) is 5.73. The van der Waals surface area contributed by atoms with Gasteiger partial charge < -0.3 is 5.32 Å². The van der Waals surface area contributed by atoms with Crippen molar-refractivity contribution < 1.29 is 4.79 Å². The fraction of sp³-hybridized carbons (Fsp3) is 0.0370. The van der Waals surface area contributed by atoms with Crippen molar-refractivity contribution in [2.45, 2.75) is 5.16 Å². The molecule has 0 aliphatic rings. The van der Waals surface area contributed by atoms with Gasteiger partial charge in [0.05, 0.1) is 5.75 Å². The van der Waals surface area contributed by atoms with Crippen LogP contribution in [0.4, 0.5) is 5.69 Å². The van der Waals surface area contributed by atoms with E-state index in [0.29, 0.717) is 11.0 Å². The first-order chi connectivity index (χ1) is 16.8. The summed E-state index contributed by atoms with van der Waals surface area (Å²) in [6, 6.07) is 31.5. The Morgan fingerprint density at radius 3 is 2.26 bits per heavy atom. The Hall–Kier alpha value is -4.23. The van der Waals surface area contributed by atoms with Crippen LogP contribution in [0.3, 0.4) is 0 Å². The molecule has 0 spiro atoms. The lowest BCUT2D eigenvalue weighted by Gasteiger charge is -2.12. The van der Waals surface area contributed by atoms with Gasteiger partial charge in [0.25, 0.3) is 0 Å². The highest BCUT2D eigenvalue weighted by molar-refractivity contribution is 7.99. The number of rotatable bonds is 7. The Morgan fingerprint density at radius 1 is 0.794 bits per heavy atom. The molecule has 2 aromatic heterocycles. The Kier molecular flexibility index (Phi) is 6.45. The van der Waals surface area contributed by atoms with Crippen LogP contribution in [-0.2, 0) is 4.79 Å². The molecular weight excluding hydrogens is 442 g/mol. The summed E-state index contributed by atoms with van der Waals surface area (Å²) in [6.07, 6.45) is 3.48. The first kappa shape index (κ1) is 21.6. The molecule has 0 atom stereocenters. The van der Waals surface area contributed by atoms with E-state index in [1.807, 2.05) is 102 Å². The fourth-order valence-electron chi connectivity index (χ4n) is 3.63. The van der Waals surface area contributed by atoms with E-state index in [2.05, 4.69) is 20.5 Å². The lowest BCUT2D eigenvalue weighted by Crippen LogP contribution is -2.15. The first-order valence-electron chi connectivity index (χ1n) is 10.8. The average Bonchev–Trinajstić information content (AvgIpc) is 3.33. The van der Waals surface area contributed by atoms with Gasteiger partial charge in [-0.2, -0.15) is 0 Å². The van der Waals surface area contributed by atoms with E-state index < -0.39 is 0 Å². The number of carbonyl (C=O) groups excluding carboxylic acids is 1. The molecule has 0 saturated heterocycles. The number of amides is 1. The quantitative estimate of drug-likeness (QED) is 0.312. The van der Waals surface area contributed by atoms with Crippen LogP contribution < -0.4 is 5.32 Å². The van der Waals surface area contributed by atoms with Gasteiger partial charge in [-0.25, -0.2) is 0 Å². The molecule has 0 fully saturated rings. The van der Waals surface area contributed by atoms with Gasteiger partial charge in [-0.15, -0.1) is 10.2 Å². The van der Waals surface area contributed by atoms with Crippen molar-refractivity contribution in [1.82, 2.24) is 19.7 Å². The Balaban J connectivity index is 1.37. The van der Waals surface area contributed by atoms with E-state index >= 15 is 0 Å². The summed E-state index contributed by atoms with van der Waals surface area (Å²) in [5, 5.41) is 12.5. The van der Waals surface area contributed by atoms with Gasteiger partial charge in [0.15, 0.2) is 11.0 Å². The molecule has 3 aromatic carbocycles. The van der Waals surface area contributed by atoms with E-state index in [4.69, 9.17) is 0 Å². The fourth-order valence-corrected chi connectivity index (χ4v) is 4.39. The minimum Gasteiger partial charge on any atom is -0.325 e. The maximum Gasteiger partial charge on any atom is 0.234 e. The smallest absolute Gasteiger partial charge is 0.234 e. The van der Waals surface area contributed by atoms with Gasteiger partial charge in [-0.05, 0) is 35.9 Å². The van der Waals surface area contributed by atoms with Crippen LogP contribution in [0.5, 0.6) is 0 Å². The van der Waals surface area contributed by atoms with E-state index in [1.54, 1.807) is 12.4 Å². The number of carbonyl (C=O) groups is 1. The van der Waals surface area contributed by atoms with Crippen molar-refractivity contribution in [1.29, 1.82) is 0 Å². The molecule has 5 aromatic rings. The molecule has 5 rings (SSSR count). The molecule has 0 saturated carbocycles. The number of para-hydroxylation sites is 2. The summed E-state index contributed by atoms with van der Waals surface area (Å²) in [4.78, 5) is 17.1. The number of nitrogens with zero attached hydrogens (tertiary/aromatic N) is 4. The molecule has 1 N–H and O–H groups in total. The van der Waals surface area contributed by atoms with Gasteiger partial charge in [0.1, 0.15) is 0 Å². The second kappa shape index (κ2) is 10.1. The highest BCUT2D eigenvalue weighted by atomic mass is 32.2. The molecule has 2 heterocycles. The van der Waals surface area contributed by atoms with Gasteiger partial charge in [-0.3, -0.25) is 14.3 Å². The van der Waals surface area contributed by atoms with E-state index in [1.165, 1.54) is 11.8 Å². The predicted molar refractivity (Wildman–Crippen MR) is 136 cm³/mol. The monoisotopic (exact) mass is 463 g/mol. The van der Waals surface area contributed by atoms with Crippen molar-refractivity contribution in [3.63, 3.8) is 0 Å². The third kappa shape index (κ3) is 4.74. The lowest BCUT2D eigenvalue weighted by atomic mass is 10.0. The maximum absolute atomic E-state index is 12.9. The summed E-state index contributed by atoms with van der Waals surface area (Å²) in [5.74, 6) is 0.761. The largest absolute Gasteiger partial charge is 0.325 e. The number of hydrogen-bond acceptors (Lipinski definition) is 5. The van der Waals surface area contributed by atoms with Crippen molar-refractivity contribution in [2.75, 3.05) is 11.1 Å². The number of pyridine rings is 1. The zero-order valence-corrected chi connectivity index (χ0v) is 19.0. The van der Waals surface area contributed by atoms with Crippen molar-refractivity contribution in [3.05, 3.63) is 109 Å². The van der Waals surface area contributed by atoms with Crippen LogP contribution in [0, 0.1) is 0 Å². The lowest BCUT2D eigenvalue weighted by molar-refractivity contribution is -0.113. The molecule has 34 heavy (non-hydrogen) atoms. The molecule has 0 radical (unpaired) electrons. The Labute approximate surface area is 201 Å². The van der Waals surface area contributed by atoms with Crippen LogP contribution in [0.1, 0.15) is 0 Å². The van der Waals surface area contributed by atoms with E-state index in [0.717, 1.165) is 28.1 Å². The zero-order valence-electron chi connectivity index (χ0n) is 18.2. The molecule has 1 amide bonds. The SMILES string of the molecule is O=C(CSc1nnc(-c2cccnc2)n1-c1ccccc1)Nc1ccccc1-c1ccccc1. The summed E-state index contributed by atoms with van der Waals surface area (Å²) in [6.45, 7) is 0. The molecule has 0 aliphatic heterocycles. The molecule has 0 bridgehead atoms. The third-order valence-electron chi connectivity index (χ3n) is 5.19. The Morgan fingerprint density at radius 2 is 1.50 bits per heavy atom. The molecule has 0 unspecified atom stereocenters. The molecule has 166 valence electrons. The zero-order chi connectivity index (χ0) is 23.2. The van der Waals surface area contributed by atoms with Crippen molar-refractivity contribution >= 4 is 23.4 Å². The minimum atomic E-state index is -0.112. The highest BCUT2D eigenvalue weighted by Gasteiger charge is 2.18. The van der Waals surface area contributed by atoms with Crippen LogP contribution in [0.25, 0.3) is 28.2 Å². The maximum atomic E-state index is 12.9. The van der Waals surface area contributed by atoms with Crippen molar-refractivity contribution in [2.24, 2.45) is 0 Å². The number of nitrogens with one attached hydrogen (secondary N) is 1. The van der Waals surface area contributed by atoms with Crippen LogP contribution in [0.15, 0.2) is 115 Å². The summed E-state index contributed by atoms with van der Waals surface area (Å²) >= 11 is 1.34. The topological polar surface area (TPSA) is 72.7 Å². The van der Waals surface area contributed by atoms with Gasteiger partial charge in [0.2, 0.25) is 5.91 Å². The van der Waals surface area contributed by atoms with Crippen LogP contribution >= 0.6 is 11.8 Å². The third-order valence-corrected chi connectivity index (χ3v) is 6.11. The van der Waals surface area contributed by atoms with Crippen LogP contribution in [-0.4, -0.2) is 31.4 Å². The van der Waals surface area contributed by atoms with Gasteiger partial charge in [-0.1, -0.05) is 78.5 Å². The van der Waals surface area contributed by atoms with Crippen molar-refractivity contribution in [3.8, 4) is 28.2 Å². The minimum absolute atomic E-state index is 0.112. The number of benzene rings is 3. The number of thioether (sulfide) groups is 1. The molecule has 7 heteroatoms. The average molecular weight is 464 g/mol. The second-order valence-corrected chi connectivity index (χ2v) is 8.41. The first-order valence-corrected chi connectivity index (χ1v) is 11.8. The van der Waals surface area contributed by atoms with Gasteiger partial charge in [0, 0.05) is 34.9 Å². The standard InChI is InChI=1S/C27H21N5OS/c33-25(29-24-16-8-7-15-23(24)20-10-3-1-4-11-20)19-34-27-31-30-26(21-12-9-17-28-18-21)32(27)22-13-5-2-6-14-22/h1-18H,19H2,(H,29,33). The number of hydrogen-bond donors (Lipinski definition) is 1. The molecular formula is C27H21N5OS. The molecule has 0 aliphatic carbocycles. The summed E-state index contributed by atoms with van der Waals surface area (Å²) < 4.78 is 1.95. The highest BCUT2D eigenvalue weighted by Crippen LogP contribution is 2.29. The number of aromatic nitrogens is 4. The molecule has 6 nitrogen and oxygen atoms in total. The van der Waals surface area contributed by atoms with Gasteiger partial charge >= 0.3 is 0 Å². The van der Waals surface area contributed by atoms with Crippen LogP contribution in [0.2, 0.25) is 0 Å².